The van der Waals surface area contributed by atoms with Crippen molar-refractivity contribution in [1.82, 2.24) is 4.57 Å². The number of carboxylic acid groups (broad SMARTS) is 1. The predicted molar refractivity (Wildman–Crippen MR) is 76.7 cm³/mol. The molecule has 0 aliphatic rings. The maximum Gasteiger partial charge on any atom is 0.338 e. The van der Waals surface area contributed by atoms with Gasteiger partial charge in [0.25, 0.3) is 0 Å². The molecule has 0 aliphatic carbocycles. The number of carbonyl (C=O) groups is 1. The molecule has 0 spiro atoms. The summed E-state index contributed by atoms with van der Waals surface area (Å²) in [6, 6.07) is 6.88. The number of carboxylic acids is 1. The molecule has 0 radical (unpaired) electrons. The summed E-state index contributed by atoms with van der Waals surface area (Å²) in [5.74, 6) is -0.459. The highest BCUT2D eigenvalue weighted by Crippen LogP contribution is 2.29. The number of fused-ring (bicyclic) bond motifs is 1. The van der Waals surface area contributed by atoms with Crippen LogP contribution in [0.15, 0.2) is 41.1 Å². The van der Waals surface area contributed by atoms with Crippen molar-refractivity contribution in [2.24, 2.45) is 0 Å². The van der Waals surface area contributed by atoms with Gasteiger partial charge >= 0.3 is 5.97 Å². The van der Waals surface area contributed by atoms with Crippen LogP contribution in [0, 0.1) is 0 Å². The van der Waals surface area contributed by atoms with E-state index in [0.29, 0.717) is 22.4 Å². The molecule has 1 N–H and O–H groups in total. The lowest BCUT2D eigenvalue weighted by atomic mass is 10.2. The molecule has 102 valence electrons. The number of aromatic nitrogens is 1. The first kappa shape index (κ1) is 13.1. The molecule has 0 aliphatic heterocycles. The predicted octanol–water partition coefficient (Wildman–Crippen LogP) is 4.29. The van der Waals surface area contributed by atoms with Crippen molar-refractivity contribution in [2.75, 3.05) is 0 Å². The number of furan rings is 1. The molecular formula is C14H9Cl2NO3. The van der Waals surface area contributed by atoms with Crippen molar-refractivity contribution in [1.29, 1.82) is 0 Å². The fourth-order valence-electron chi connectivity index (χ4n) is 2.10. The molecule has 2 heterocycles. The smallest absolute Gasteiger partial charge is 0.338 e. The van der Waals surface area contributed by atoms with Gasteiger partial charge in [-0.05, 0) is 24.3 Å². The van der Waals surface area contributed by atoms with E-state index in [2.05, 4.69) is 0 Å². The van der Waals surface area contributed by atoms with Gasteiger partial charge in [-0.15, -0.1) is 0 Å². The fourth-order valence-corrected chi connectivity index (χ4v) is 2.65. The Morgan fingerprint density at radius 3 is 2.80 bits per heavy atom. The van der Waals surface area contributed by atoms with Gasteiger partial charge in [-0.2, -0.15) is 0 Å². The lowest BCUT2D eigenvalue weighted by molar-refractivity contribution is 0.0696. The zero-order valence-electron chi connectivity index (χ0n) is 10.1. The van der Waals surface area contributed by atoms with Gasteiger partial charge in [0.1, 0.15) is 12.0 Å². The second kappa shape index (κ2) is 4.89. The quantitative estimate of drug-likeness (QED) is 0.785. The minimum Gasteiger partial charge on any atom is -0.478 e. The number of halogens is 2. The number of aromatic carboxylic acids is 1. The summed E-state index contributed by atoms with van der Waals surface area (Å²) in [5, 5.41) is 10.9. The van der Waals surface area contributed by atoms with E-state index in [1.165, 1.54) is 12.3 Å². The van der Waals surface area contributed by atoms with Gasteiger partial charge in [0.2, 0.25) is 0 Å². The van der Waals surface area contributed by atoms with E-state index >= 15 is 0 Å². The van der Waals surface area contributed by atoms with Crippen LogP contribution in [-0.4, -0.2) is 15.6 Å². The van der Waals surface area contributed by atoms with Crippen molar-refractivity contribution in [3.05, 3.63) is 58.1 Å². The van der Waals surface area contributed by atoms with Crippen molar-refractivity contribution >= 4 is 40.1 Å². The monoisotopic (exact) mass is 309 g/mol. The summed E-state index contributed by atoms with van der Waals surface area (Å²) >= 11 is 12.1. The number of nitrogens with zero attached hydrogens (tertiary/aromatic N) is 1. The van der Waals surface area contributed by atoms with Gasteiger partial charge in [-0.1, -0.05) is 23.2 Å². The lowest BCUT2D eigenvalue weighted by Crippen LogP contribution is -1.97. The van der Waals surface area contributed by atoms with Crippen molar-refractivity contribution in [2.45, 2.75) is 6.54 Å². The largest absolute Gasteiger partial charge is 0.478 e. The normalized spacial score (nSPS) is 11.1. The molecule has 0 fully saturated rings. The molecule has 0 saturated carbocycles. The highest BCUT2D eigenvalue weighted by atomic mass is 35.5. The molecule has 0 atom stereocenters. The van der Waals surface area contributed by atoms with Crippen LogP contribution < -0.4 is 0 Å². The van der Waals surface area contributed by atoms with E-state index in [9.17, 15) is 4.79 Å². The highest BCUT2D eigenvalue weighted by Gasteiger charge is 2.11. The number of benzene rings is 1. The van der Waals surface area contributed by atoms with Crippen LogP contribution in [0.2, 0.25) is 10.0 Å². The summed E-state index contributed by atoms with van der Waals surface area (Å²) in [5.41, 5.74) is 1.00. The Balaban J connectivity index is 2.00. The highest BCUT2D eigenvalue weighted by molar-refractivity contribution is 6.38. The van der Waals surface area contributed by atoms with Gasteiger partial charge in [-0.3, -0.25) is 0 Å². The molecule has 3 rings (SSSR count). The maximum absolute atomic E-state index is 10.8. The molecule has 0 bridgehead atoms. The van der Waals surface area contributed by atoms with E-state index in [4.69, 9.17) is 32.7 Å². The summed E-state index contributed by atoms with van der Waals surface area (Å²) in [4.78, 5) is 10.8. The first-order chi connectivity index (χ1) is 9.54. The topological polar surface area (TPSA) is 55.4 Å². The van der Waals surface area contributed by atoms with Gasteiger partial charge in [0, 0.05) is 16.6 Å². The van der Waals surface area contributed by atoms with Gasteiger partial charge in [0.15, 0.2) is 0 Å². The third-order valence-corrected chi connectivity index (χ3v) is 3.56. The number of hydrogen-bond donors (Lipinski definition) is 1. The number of hydrogen-bond acceptors (Lipinski definition) is 2. The first-order valence-corrected chi connectivity index (χ1v) is 6.55. The molecule has 3 aromatic rings. The molecule has 1 aromatic carbocycles. The Hall–Kier alpha value is -1.91. The van der Waals surface area contributed by atoms with Crippen LogP contribution in [-0.2, 0) is 6.54 Å². The third kappa shape index (κ3) is 2.28. The van der Waals surface area contributed by atoms with Crippen molar-refractivity contribution in [3.63, 3.8) is 0 Å². The van der Waals surface area contributed by atoms with Crippen molar-refractivity contribution < 1.29 is 14.3 Å². The Labute approximate surface area is 124 Å². The summed E-state index contributed by atoms with van der Waals surface area (Å²) in [6.07, 6.45) is 3.08. The molecule has 20 heavy (non-hydrogen) atoms. The van der Waals surface area contributed by atoms with E-state index < -0.39 is 5.97 Å². The van der Waals surface area contributed by atoms with Gasteiger partial charge in [0.05, 0.1) is 22.6 Å². The Morgan fingerprint density at radius 2 is 2.10 bits per heavy atom. The Bertz CT molecular complexity index is 804. The van der Waals surface area contributed by atoms with Crippen LogP contribution >= 0.6 is 23.2 Å². The second-order valence-electron chi connectivity index (χ2n) is 4.37. The van der Waals surface area contributed by atoms with E-state index in [0.717, 1.165) is 10.9 Å². The standard InChI is InChI=1S/C14H9Cl2NO3/c15-9-4-12(16)11-1-2-17(13(11)5-9)6-10-3-8(7-20-10)14(18)19/h1-5,7H,6H2,(H,18,19). The van der Waals surface area contributed by atoms with Crippen LogP contribution in [0.5, 0.6) is 0 Å². The van der Waals surface area contributed by atoms with Crippen LogP contribution in [0.4, 0.5) is 0 Å². The molecule has 4 nitrogen and oxygen atoms in total. The zero-order valence-corrected chi connectivity index (χ0v) is 11.6. The molecule has 6 heteroatoms. The van der Waals surface area contributed by atoms with Crippen LogP contribution in [0.1, 0.15) is 16.1 Å². The van der Waals surface area contributed by atoms with Crippen LogP contribution in [0.25, 0.3) is 10.9 Å². The van der Waals surface area contributed by atoms with E-state index in [1.807, 2.05) is 22.9 Å². The average Bonchev–Trinajstić information content (AvgIpc) is 2.98. The molecule has 0 saturated heterocycles. The van der Waals surface area contributed by atoms with Crippen LogP contribution in [0.3, 0.4) is 0 Å². The average molecular weight is 310 g/mol. The van der Waals surface area contributed by atoms with E-state index in [-0.39, 0.29) is 5.56 Å². The third-order valence-electron chi connectivity index (χ3n) is 3.03. The van der Waals surface area contributed by atoms with Gasteiger partial charge < -0.3 is 14.1 Å². The minimum atomic E-state index is -1.01. The molecule has 0 amide bonds. The summed E-state index contributed by atoms with van der Waals surface area (Å²) in [7, 11) is 0. The molecule has 2 aromatic heterocycles. The van der Waals surface area contributed by atoms with Crippen molar-refractivity contribution in [3.8, 4) is 0 Å². The minimum absolute atomic E-state index is 0.132. The summed E-state index contributed by atoms with van der Waals surface area (Å²) < 4.78 is 7.14. The molecule has 0 unspecified atom stereocenters. The molecular weight excluding hydrogens is 301 g/mol. The zero-order chi connectivity index (χ0) is 14.3. The number of rotatable bonds is 3. The first-order valence-electron chi connectivity index (χ1n) is 5.79. The second-order valence-corrected chi connectivity index (χ2v) is 5.21. The lowest BCUT2D eigenvalue weighted by Gasteiger charge is -2.04. The SMILES string of the molecule is O=C(O)c1coc(Cn2ccc3c(Cl)cc(Cl)cc32)c1. The van der Waals surface area contributed by atoms with Gasteiger partial charge in [-0.25, -0.2) is 4.79 Å². The fraction of sp³-hybridized carbons (Fsp3) is 0.0714. The Kier molecular flexibility index (Phi) is 3.20. The maximum atomic E-state index is 10.8. The Morgan fingerprint density at radius 1 is 1.30 bits per heavy atom. The summed E-state index contributed by atoms with van der Waals surface area (Å²) in [6.45, 7) is 0.410. The van der Waals surface area contributed by atoms with E-state index in [1.54, 1.807) is 6.07 Å².